The number of aryl methyl sites for hydroxylation is 1. The van der Waals surface area contributed by atoms with Gasteiger partial charge in [0.1, 0.15) is 0 Å². The number of hydrogen-bond donors (Lipinski definition) is 1. The van der Waals surface area contributed by atoms with Gasteiger partial charge in [-0.2, -0.15) is 0 Å². The molecule has 16 heavy (non-hydrogen) atoms. The third-order valence-corrected chi connectivity index (χ3v) is 3.05. The van der Waals surface area contributed by atoms with E-state index in [9.17, 15) is 0 Å². The summed E-state index contributed by atoms with van der Waals surface area (Å²) < 4.78 is 0. The molecule has 0 bridgehead atoms. The van der Waals surface area contributed by atoms with Gasteiger partial charge in [-0.15, -0.1) is 0 Å². The van der Waals surface area contributed by atoms with E-state index in [0.717, 1.165) is 24.1 Å². The van der Waals surface area contributed by atoms with Crippen LogP contribution in [0.25, 0.3) is 0 Å². The van der Waals surface area contributed by atoms with Crippen molar-refractivity contribution in [1.29, 1.82) is 5.41 Å². The van der Waals surface area contributed by atoms with Crippen molar-refractivity contribution in [2.45, 2.75) is 46.5 Å². The van der Waals surface area contributed by atoms with Crippen LogP contribution in [-0.2, 0) is 0 Å². The molecule has 1 nitrogen and oxygen atoms in total. The third kappa shape index (κ3) is 3.48. The first-order chi connectivity index (χ1) is 7.69. The van der Waals surface area contributed by atoms with Crippen LogP contribution in [0.5, 0.6) is 0 Å². The molecule has 0 aliphatic heterocycles. The molecule has 1 aromatic carbocycles. The van der Waals surface area contributed by atoms with Crippen LogP contribution >= 0.6 is 0 Å². The number of hydrogen-bond acceptors (Lipinski definition) is 1. The van der Waals surface area contributed by atoms with E-state index in [1.807, 2.05) is 0 Å². The molecule has 1 N–H and O–H groups in total. The summed E-state index contributed by atoms with van der Waals surface area (Å²) in [6, 6.07) is 8.35. The Morgan fingerprint density at radius 1 is 1.06 bits per heavy atom. The Morgan fingerprint density at radius 2 is 1.56 bits per heavy atom. The van der Waals surface area contributed by atoms with Gasteiger partial charge in [0.2, 0.25) is 0 Å². The Labute approximate surface area is 99.4 Å². The lowest BCUT2D eigenvalue weighted by molar-refractivity contribution is 0.557. The molecule has 0 amide bonds. The highest BCUT2D eigenvalue weighted by Gasteiger charge is 2.14. The Kier molecular flexibility index (Phi) is 5.24. The maximum Gasteiger partial charge on any atom is 0.0417 e. The summed E-state index contributed by atoms with van der Waals surface area (Å²) in [5, 5.41) is 8.26. The lowest BCUT2D eigenvalue weighted by Crippen LogP contribution is -2.14. The molecule has 0 saturated carbocycles. The van der Waals surface area contributed by atoms with E-state index in [1.165, 1.54) is 18.4 Å². The summed E-state index contributed by atoms with van der Waals surface area (Å²) in [6.45, 7) is 6.49. The van der Waals surface area contributed by atoms with Gasteiger partial charge in [0.15, 0.2) is 0 Å². The molecule has 0 atom stereocenters. The summed E-state index contributed by atoms with van der Waals surface area (Å²) in [5.41, 5.74) is 3.18. The Hall–Kier alpha value is -1.11. The predicted octanol–water partition coefficient (Wildman–Crippen LogP) is 4.58. The number of rotatable bonds is 6. The van der Waals surface area contributed by atoms with Crippen LogP contribution in [0.3, 0.4) is 0 Å². The average molecular weight is 217 g/mol. The maximum absolute atomic E-state index is 8.26. The topological polar surface area (TPSA) is 23.9 Å². The first-order valence-electron chi connectivity index (χ1n) is 6.34. The third-order valence-electron chi connectivity index (χ3n) is 3.05. The van der Waals surface area contributed by atoms with Crippen molar-refractivity contribution < 1.29 is 0 Å². The van der Waals surface area contributed by atoms with Crippen molar-refractivity contribution >= 4 is 5.71 Å². The molecular formula is C15H23N. The second-order valence-electron chi connectivity index (χ2n) is 4.55. The average Bonchev–Trinajstić information content (AvgIpc) is 2.29. The van der Waals surface area contributed by atoms with Crippen LogP contribution in [0, 0.1) is 18.3 Å². The molecule has 1 aromatic rings. The number of benzene rings is 1. The van der Waals surface area contributed by atoms with Gasteiger partial charge in [0.05, 0.1) is 0 Å². The first-order valence-corrected chi connectivity index (χ1v) is 6.34. The van der Waals surface area contributed by atoms with Gasteiger partial charge >= 0.3 is 0 Å². The zero-order chi connectivity index (χ0) is 12.0. The molecular weight excluding hydrogens is 194 g/mol. The van der Waals surface area contributed by atoms with Crippen LogP contribution in [-0.4, -0.2) is 5.71 Å². The SMILES string of the molecule is CCCC(CCC)C(=N)c1ccc(C)cc1. The van der Waals surface area contributed by atoms with Crippen molar-refractivity contribution in [3.8, 4) is 0 Å². The van der Waals surface area contributed by atoms with Crippen LogP contribution in [0.15, 0.2) is 24.3 Å². The smallest absolute Gasteiger partial charge is 0.0417 e. The second-order valence-corrected chi connectivity index (χ2v) is 4.55. The molecule has 88 valence electrons. The first kappa shape index (κ1) is 13.0. The summed E-state index contributed by atoms with van der Waals surface area (Å²) in [4.78, 5) is 0. The van der Waals surface area contributed by atoms with Crippen molar-refractivity contribution in [2.75, 3.05) is 0 Å². The molecule has 0 aliphatic rings. The standard InChI is InChI=1S/C15H23N/c1-4-6-13(7-5-2)15(16)14-10-8-12(3)9-11-14/h8-11,13,16H,4-7H2,1-3H3. The molecule has 0 aromatic heterocycles. The van der Waals surface area contributed by atoms with E-state index in [-0.39, 0.29) is 0 Å². The van der Waals surface area contributed by atoms with Gasteiger partial charge in [-0.25, -0.2) is 0 Å². The summed E-state index contributed by atoms with van der Waals surface area (Å²) in [6.07, 6.45) is 4.61. The maximum atomic E-state index is 8.26. The highest BCUT2D eigenvalue weighted by molar-refractivity contribution is 5.99. The lowest BCUT2D eigenvalue weighted by Gasteiger charge is -2.17. The molecule has 0 spiro atoms. The van der Waals surface area contributed by atoms with E-state index < -0.39 is 0 Å². The van der Waals surface area contributed by atoms with Crippen LogP contribution in [0.4, 0.5) is 0 Å². The summed E-state index contributed by atoms with van der Waals surface area (Å²) >= 11 is 0. The molecule has 1 rings (SSSR count). The van der Waals surface area contributed by atoms with Gasteiger partial charge in [0.25, 0.3) is 0 Å². The van der Waals surface area contributed by atoms with Crippen LogP contribution in [0.1, 0.15) is 50.7 Å². The quantitative estimate of drug-likeness (QED) is 0.674. The molecule has 0 radical (unpaired) electrons. The zero-order valence-corrected chi connectivity index (χ0v) is 10.7. The van der Waals surface area contributed by atoms with E-state index in [4.69, 9.17) is 5.41 Å². The number of nitrogens with one attached hydrogen (secondary N) is 1. The molecule has 0 aliphatic carbocycles. The van der Waals surface area contributed by atoms with E-state index >= 15 is 0 Å². The monoisotopic (exact) mass is 217 g/mol. The van der Waals surface area contributed by atoms with E-state index in [1.54, 1.807) is 0 Å². The zero-order valence-electron chi connectivity index (χ0n) is 10.7. The van der Waals surface area contributed by atoms with E-state index in [0.29, 0.717) is 5.92 Å². The van der Waals surface area contributed by atoms with Gasteiger partial charge < -0.3 is 5.41 Å². The van der Waals surface area contributed by atoms with Crippen LogP contribution in [0.2, 0.25) is 0 Å². The van der Waals surface area contributed by atoms with Gasteiger partial charge in [-0.3, -0.25) is 0 Å². The van der Waals surface area contributed by atoms with Crippen molar-refractivity contribution in [3.05, 3.63) is 35.4 Å². The summed E-state index contributed by atoms with van der Waals surface area (Å²) in [5.74, 6) is 0.442. The molecule has 1 heteroatoms. The van der Waals surface area contributed by atoms with Gasteiger partial charge in [0, 0.05) is 11.6 Å². The largest absolute Gasteiger partial charge is 0.304 e. The second kappa shape index (κ2) is 6.47. The lowest BCUT2D eigenvalue weighted by atomic mass is 9.89. The molecule has 0 heterocycles. The Bertz CT molecular complexity index is 318. The van der Waals surface area contributed by atoms with Crippen molar-refractivity contribution in [3.63, 3.8) is 0 Å². The Morgan fingerprint density at radius 3 is 2.00 bits per heavy atom. The van der Waals surface area contributed by atoms with Gasteiger partial charge in [-0.1, -0.05) is 56.5 Å². The van der Waals surface area contributed by atoms with Crippen LogP contribution < -0.4 is 0 Å². The fourth-order valence-corrected chi connectivity index (χ4v) is 2.10. The minimum absolute atomic E-state index is 0.442. The van der Waals surface area contributed by atoms with E-state index in [2.05, 4.69) is 45.0 Å². The normalized spacial score (nSPS) is 10.8. The molecule has 0 fully saturated rings. The summed E-state index contributed by atoms with van der Waals surface area (Å²) in [7, 11) is 0. The van der Waals surface area contributed by atoms with Crippen molar-refractivity contribution in [2.24, 2.45) is 5.92 Å². The predicted molar refractivity (Wildman–Crippen MR) is 71.3 cm³/mol. The Balaban J connectivity index is 2.77. The molecule has 0 saturated heterocycles. The fourth-order valence-electron chi connectivity index (χ4n) is 2.10. The molecule has 0 unspecified atom stereocenters. The minimum Gasteiger partial charge on any atom is -0.304 e. The van der Waals surface area contributed by atoms with Crippen molar-refractivity contribution in [1.82, 2.24) is 0 Å². The fraction of sp³-hybridized carbons (Fsp3) is 0.533. The van der Waals surface area contributed by atoms with Gasteiger partial charge in [-0.05, 0) is 25.3 Å². The highest BCUT2D eigenvalue weighted by atomic mass is 14.4. The minimum atomic E-state index is 0.442. The highest BCUT2D eigenvalue weighted by Crippen LogP contribution is 2.19.